The standard InChI is InChI=1S/C18H27NO3/c1-12(2)22-16-10-9-14(11-17(16)21-4)18(20)19-15-8-6-5-7-13(15)3/h9-13,15H,5-8H2,1-4H3,(H,19,20). The highest BCUT2D eigenvalue weighted by molar-refractivity contribution is 5.95. The fourth-order valence-corrected chi connectivity index (χ4v) is 2.94. The van der Waals surface area contributed by atoms with E-state index in [0.717, 1.165) is 6.42 Å². The maximum absolute atomic E-state index is 12.5. The Labute approximate surface area is 133 Å². The maximum Gasteiger partial charge on any atom is 0.251 e. The topological polar surface area (TPSA) is 47.6 Å². The SMILES string of the molecule is COc1cc(C(=O)NC2CCCCC2C)ccc1OC(C)C. The molecule has 0 spiro atoms. The van der Waals surface area contributed by atoms with Gasteiger partial charge >= 0.3 is 0 Å². The molecule has 0 saturated heterocycles. The van der Waals surface area contributed by atoms with Crippen LogP contribution in [0.5, 0.6) is 11.5 Å². The third kappa shape index (κ3) is 4.15. The van der Waals surface area contributed by atoms with Crippen LogP contribution in [0.1, 0.15) is 56.8 Å². The molecule has 22 heavy (non-hydrogen) atoms. The number of methoxy groups -OCH3 is 1. The van der Waals surface area contributed by atoms with Gasteiger partial charge in [-0.2, -0.15) is 0 Å². The van der Waals surface area contributed by atoms with Crippen LogP contribution in [0, 0.1) is 5.92 Å². The summed E-state index contributed by atoms with van der Waals surface area (Å²) in [6, 6.07) is 5.63. The predicted octanol–water partition coefficient (Wildman–Crippen LogP) is 3.79. The molecule has 4 heteroatoms. The number of carbonyl (C=O) groups excluding carboxylic acids is 1. The zero-order valence-electron chi connectivity index (χ0n) is 14.0. The molecular weight excluding hydrogens is 278 g/mol. The van der Waals surface area contributed by atoms with E-state index >= 15 is 0 Å². The number of ether oxygens (including phenoxy) is 2. The summed E-state index contributed by atoms with van der Waals surface area (Å²) >= 11 is 0. The van der Waals surface area contributed by atoms with Crippen LogP contribution < -0.4 is 14.8 Å². The maximum atomic E-state index is 12.5. The molecular formula is C18H27NO3. The molecule has 1 aliphatic carbocycles. The molecule has 0 radical (unpaired) electrons. The van der Waals surface area contributed by atoms with E-state index in [2.05, 4.69) is 12.2 Å². The van der Waals surface area contributed by atoms with Gasteiger partial charge in [-0.15, -0.1) is 0 Å². The summed E-state index contributed by atoms with van der Waals surface area (Å²) in [6.07, 6.45) is 4.78. The smallest absolute Gasteiger partial charge is 0.251 e. The molecule has 1 N–H and O–H groups in total. The second-order valence-corrected chi connectivity index (χ2v) is 6.37. The lowest BCUT2D eigenvalue weighted by Crippen LogP contribution is -2.41. The summed E-state index contributed by atoms with van der Waals surface area (Å²) in [5.74, 6) is 1.77. The number of rotatable bonds is 5. The molecule has 2 atom stereocenters. The second-order valence-electron chi connectivity index (χ2n) is 6.37. The van der Waals surface area contributed by atoms with E-state index in [-0.39, 0.29) is 18.1 Å². The number of amides is 1. The quantitative estimate of drug-likeness (QED) is 0.900. The predicted molar refractivity (Wildman–Crippen MR) is 87.6 cm³/mol. The molecule has 0 bridgehead atoms. The van der Waals surface area contributed by atoms with E-state index in [1.807, 2.05) is 13.8 Å². The molecule has 1 fully saturated rings. The van der Waals surface area contributed by atoms with E-state index in [1.54, 1.807) is 25.3 Å². The molecule has 2 rings (SSSR count). The number of carbonyl (C=O) groups is 1. The first-order valence-corrected chi connectivity index (χ1v) is 8.16. The van der Waals surface area contributed by atoms with Crippen LogP contribution in [0.25, 0.3) is 0 Å². The van der Waals surface area contributed by atoms with Crippen LogP contribution in [0.15, 0.2) is 18.2 Å². The highest BCUT2D eigenvalue weighted by Gasteiger charge is 2.23. The molecule has 1 aromatic carbocycles. The zero-order chi connectivity index (χ0) is 16.1. The van der Waals surface area contributed by atoms with Crippen molar-refractivity contribution in [2.75, 3.05) is 7.11 Å². The largest absolute Gasteiger partial charge is 0.493 e. The van der Waals surface area contributed by atoms with Gasteiger partial charge in [0.1, 0.15) is 0 Å². The van der Waals surface area contributed by atoms with Gasteiger partial charge in [-0.25, -0.2) is 0 Å². The summed E-state index contributed by atoms with van der Waals surface area (Å²) in [5, 5.41) is 3.16. The van der Waals surface area contributed by atoms with Crippen molar-refractivity contribution in [1.82, 2.24) is 5.32 Å². The lowest BCUT2D eigenvalue weighted by Gasteiger charge is -2.29. The Morgan fingerprint density at radius 3 is 2.59 bits per heavy atom. The highest BCUT2D eigenvalue weighted by Crippen LogP contribution is 2.29. The number of hydrogen-bond acceptors (Lipinski definition) is 3. The van der Waals surface area contributed by atoms with Crippen LogP contribution in [0.4, 0.5) is 0 Å². The van der Waals surface area contributed by atoms with Crippen molar-refractivity contribution in [2.24, 2.45) is 5.92 Å². The Morgan fingerprint density at radius 1 is 1.23 bits per heavy atom. The van der Waals surface area contributed by atoms with Crippen molar-refractivity contribution in [3.8, 4) is 11.5 Å². The third-order valence-corrected chi connectivity index (χ3v) is 4.22. The van der Waals surface area contributed by atoms with Crippen LogP contribution >= 0.6 is 0 Å². The molecule has 1 aromatic rings. The van der Waals surface area contributed by atoms with Gasteiger partial charge < -0.3 is 14.8 Å². The lowest BCUT2D eigenvalue weighted by atomic mass is 9.86. The van der Waals surface area contributed by atoms with Crippen molar-refractivity contribution in [3.05, 3.63) is 23.8 Å². The minimum absolute atomic E-state index is 0.0341. The molecule has 1 saturated carbocycles. The van der Waals surface area contributed by atoms with Gasteiger partial charge in [0.05, 0.1) is 13.2 Å². The van der Waals surface area contributed by atoms with Crippen molar-refractivity contribution >= 4 is 5.91 Å². The average molecular weight is 305 g/mol. The summed E-state index contributed by atoms with van der Waals surface area (Å²) < 4.78 is 11.0. The van der Waals surface area contributed by atoms with E-state index in [0.29, 0.717) is 23.0 Å². The van der Waals surface area contributed by atoms with E-state index in [1.165, 1.54) is 19.3 Å². The van der Waals surface area contributed by atoms with Crippen molar-refractivity contribution < 1.29 is 14.3 Å². The molecule has 0 heterocycles. The Hall–Kier alpha value is -1.71. The van der Waals surface area contributed by atoms with Gasteiger partial charge in [0.25, 0.3) is 5.91 Å². The second kappa shape index (κ2) is 7.52. The zero-order valence-corrected chi connectivity index (χ0v) is 14.0. The number of nitrogens with one attached hydrogen (secondary N) is 1. The Kier molecular flexibility index (Phi) is 5.69. The normalized spacial score (nSPS) is 21.5. The van der Waals surface area contributed by atoms with E-state index in [4.69, 9.17) is 9.47 Å². The van der Waals surface area contributed by atoms with E-state index < -0.39 is 0 Å². The summed E-state index contributed by atoms with van der Waals surface area (Å²) in [5.41, 5.74) is 0.616. The van der Waals surface area contributed by atoms with Gasteiger partial charge in [-0.1, -0.05) is 19.8 Å². The molecule has 4 nitrogen and oxygen atoms in total. The number of benzene rings is 1. The van der Waals surface area contributed by atoms with Crippen LogP contribution in [0.2, 0.25) is 0 Å². The molecule has 0 aliphatic heterocycles. The average Bonchev–Trinajstić information content (AvgIpc) is 2.49. The summed E-state index contributed by atoms with van der Waals surface area (Å²) in [6.45, 7) is 6.14. The highest BCUT2D eigenvalue weighted by atomic mass is 16.5. The third-order valence-electron chi connectivity index (χ3n) is 4.22. The molecule has 2 unspecified atom stereocenters. The minimum atomic E-state index is -0.0341. The Morgan fingerprint density at radius 2 is 1.95 bits per heavy atom. The van der Waals surface area contributed by atoms with Crippen molar-refractivity contribution in [2.45, 2.75) is 58.6 Å². The first-order chi connectivity index (χ1) is 10.5. The van der Waals surface area contributed by atoms with Crippen LogP contribution in [-0.2, 0) is 0 Å². The molecule has 122 valence electrons. The van der Waals surface area contributed by atoms with Gasteiger partial charge in [-0.3, -0.25) is 4.79 Å². The first-order valence-electron chi connectivity index (χ1n) is 8.16. The molecule has 1 amide bonds. The monoisotopic (exact) mass is 305 g/mol. The van der Waals surface area contributed by atoms with Gasteiger partial charge in [-0.05, 0) is 50.8 Å². The summed E-state index contributed by atoms with van der Waals surface area (Å²) in [7, 11) is 1.59. The fourth-order valence-electron chi connectivity index (χ4n) is 2.94. The summed E-state index contributed by atoms with van der Waals surface area (Å²) in [4.78, 5) is 12.5. The van der Waals surface area contributed by atoms with Crippen molar-refractivity contribution in [1.29, 1.82) is 0 Å². The van der Waals surface area contributed by atoms with Gasteiger partial charge in [0, 0.05) is 11.6 Å². The lowest BCUT2D eigenvalue weighted by molar-refractivity contribution is 0.0910. The minimum Gasteiger partial charge on any atom is -0.493 e. The Bertz CT molecular complexity index is 513. The first kappa shape index (κ1) is 16.7. The van der Waals surface area contributed by atoms with Crippen LogP contribution in [0.3, 0.4) is 0 Å². The van der Waals surface area contributed by atoms with Crippen LogP contribution in [-0.4, -0.2) is 25.2 Å². The van der Waals surface area contributed by atoms with Gasteiger partial charge in [0.2, 0.25) is 0 Å². The molecule has 0 aromatic heterocycles. The Balaban J connectivity index is 2.09. The van der Waals surface area contributed by atoms with Crippen molar-refractivity contribution in [3.63, 3.8) is 0 Å². The number of hydrogen-bond donors (Lipinski definition) is 1. The molecule has 1 aliphatic rings. The fraction of sp³-hybridized carbons (Fsp3) is 0.611. The van der Waals surface area contributed by atoms with Gasteiger partial charge in [0.15, 0.2) is 11.5 Å². The van der Waals surface area contributed by atoms with E-state index in [9.17, 15) is 4.79 Å².